The van der Waals surface area contributed by atoms with E-state index in [9.17, 15) is 4.79 Å². The molecule has 0 saturated heterocycles. The summed E-state index contributed by atoms with van der Waals surface area (Å²) in [7, 11) is 0. The number of carbonyl (C=O) groups is 1. The van der Waals surface area contributed by atoms with Crippen molar-refractivity contribution in [3.05, 3.63) is 58.1 Å². The molecular weight excluding hydrogens is 354 g/mol. The SMILES string of the molecule is Cc1ccc(SCCNC(=O)[C@@H](C)Oc2cc(C)c(Cl)c(C)c2)cc1. The summed E-state index contributed by atoms with van der Waals surface area (Å²) in [5, 5.41) is 3.65. The third-order valence-corrected chi connectivity index (χ3v) is 5.39. The molecule has 1 amide bonds. The topological polar surface area (TPSA) is 38.3 Å². The van der Waals surface area contributed by atoms with Gasteiger partial charge in [0.25, 0.3) is 5.91 Å². The summed E-state index contributed by atoms with van der Waals surface area (Å²) >= 11 is 7.88. The lowest BCUT2D eigenvalue weighted by molar-refractivity contribution is -0.127. The minimum atomic E-state index is -0.552. The van der Waals surface area contributed by atoms with Crippen LogP contribution in [0, 0.1) is 20.8 Å². The van der Waals surface area contributed by atoms with Crippen molar-refractivity contribution in [3.63, 3.8) is 0 Å². The van der Waals surface area contributed by atoms with E-state index < -0.39 is 6.10 Å². The lowest BCUT2D eigenvalue weighted by Gasteiger charge is -2.16. The van der Waals surface area contributed by atoms with Crippen molar-refractivity contribution in [2.45, 2.75) is 38.7 Å². The maximum Gasteiger partial charge on any atom is 0.260 e. The van der Waals surface area contributed by atoms with Crippen LogP contribution in [-0.2, 0) is 4.79 Å². The van der Waals surface area contributed by atoms with Crippen LogP contribution < -0.4 is 10.1 Å². The molecule has 0 heterocycles. The zero-order chi connectivity index (χ0) is 18.4. The molecule has 5 heteroatoms. The van der Waals surface area contributed by atoms with Crippen LogP contribution in [0.25, 0.3) is 0 Å². The zero-order valence-electron chi connectivity index (χ0n) is 15.1. The predicted molar refractivity (Wildman–Crippen MR) is 106 cm³/mol. The van der Waals surface area contributed by atoms with Crippen molar-refractivity contribution in [2.24, 2.45) is 0 Å². The molecule has 3 nitrogen and oxygen atoms in total. The number of ether oxygens (including phenoxy) is 1. The van der Waals surface area contributed by atoms with E-state index >= 15 is 0 Å². The molecule has 0 aromatic heterocycles. The Labute approximate surface area is 159 Å². The third-order valence-electron chi connectivity index (χ3n) is 3.78. The number of halogens is 1. The van der Waals surface area contributed by atoms with Gasteiger partial charge in [-0.15, -0.1) is 11.8 Å². The second-order valence-corrected chi connectivity index (χ2v) is 7.63. The van der Waals surface area contributed by atoms with Crippen LogP contribution in [0.5, 0.6) is 5.75 Å². The van der Waals surface area contributed by atoms with Gasteiger partial charge in [-0.05, 0) is 63.1 Å². The number of hydrogen-bond acceptors (Lipinski definition) is 3. The van der Waals surface area contributed by atoms with Crippen LogP contribution in [0.3, 0.4) is 0 Å². The fourth-order valence-corrected chi connectivity index (χ4v) is 3.23. The standard InChI is InChI=1S/C20H24ClNO2S/c1-13-5-7-18(8-6-13)25-10-9-22-20(23)16(4)24-17-11-14(2)19(21)15(3)12-17/h5-8,11-12,16H,9-10H2,1-4H3,(H,22,23)/t16-/m1/s1. The average Bonchev–Trinajstić information content (AvgIpc) is 2.57. The Kier molecular flexibility index (Phi) is 7.21. The number of amides is 1. The molecule has 0 spiro atoms. The van der Waals surface area contributed by atoms with Gasteiger partial charge in [0.15, 0.2) is 6.10 Å². The van der Waals surface area contributed by atoms with E-state index in [1.807, 2.05) is 26.0 Å². The van der Waals surface area contributed by atoms with E-state index in [2.05, 4.69) is 36.5 Å². The smallest absolute Gasteiger partial charge is 0.260 e. The molecule has 1 N–H and O–H groups in total. The van der Waals surface area contributed by atoms with Gasteiger partial charge in [0.2, 0.25) is 0 Å². The highest BCUT2D eigenvalue weighted by molar-refractivity contribution is 7.99. The largest absolute Gasteiger partial charge is 0.481 e. The molecular formula is C20H24ClNO2S. The van der Waals surface area contributed by atoms with Crippen molar-refractivity contribution in [3.8, 4) is 5.75 Å². The fourth-order valence-electron chi connectivity index (χ4n) is 2.35. The van der Waals surface area contributed by atoms with Crippen LogP contribution in [0.4, 0.5) is 0 Å². The number of benzene rings is 2. The number of carbonyl (C=O) groups excluding carboxylic acids is 1. The lowest BCUT2D eigenvalue weighted by Crippen LogP contribution is -2.37. The summed E-state index contributed by atoms with van der Waals surface area (Å²) < 4.78 is 5.74. The van der Waals surface area contributed by atoms with Gasteiger partial charge >= 0.3 is 0 Å². The number of hydrogen-bond donors (Lipinski definition) is 1. The first-order valence-electron chi connectivity index (χ1n) is 8.27. The first kappa shape index (κ1) is 19.7. The number of thioether (sulfide) groups is 1. The van der Waals surface area contributed by atoms with Gasteiger partial charge in [-0.1, -0.05) is 29.3 Å². The van der Waals surface area contributed by atoms with E-state index in [0.29, 0.717) is 12.3 Å². The summed E-state index contributed by atoms with van der Waals surface area (Å²) in [6.07, 6.45) is -0.552. The van der Waals surface area contributed by atoms with Crippen LogP contribution in [-0.4, -0.2) is 24.3 Å². The first-order chi connectivity index (χ1) is 11.9. The Balaban J connectivity index is 1.77. The summed E-state index contributed by atoms with van der Waals surface area (Å²) in [6.45, 7) is 8.27. The Morgan fingerprint density at radius 2 is 1.76 bits per heavy atom. The van der Waals surface area contributed by atoms with Crippen molar-refractivity contribution >= 4 is 29.3 Å². The van der Waals surface area contributed by atoms with Gasteiger partial charge in [0.05, 0.1) is 0 Å². The van der Waals surface area contributed by atoms with Gasteiger partial charge in [0, 0.05) is 22.2 Å². The molecule has 0 aliphatic carbocycles. The van der Waals surface area contributed by atoms with Crippen LogP contribution in [0.15, 0.2) is 41.3 Å². The molecule has 0 saturated carbocycles. The van der Waals surface area contributed by atoms with Crippen LogP contribution in [0.1, 0.15) is 23.6 Å². The van der Waals surface area contributed by atoms with Crippen LogP contribution >= 0.6 is 23.4 Å². The second-order valence-electron chi connectivity index (χ2n) is 6.08. The summed E-state index contributed by atoms with van der Waals surface area (Å²) in [6, 6.07) is 12.1. The summed E-state index contributed by atoms with van der Waals surface area (Å²) in [5.74, 6) is 1.37. The van der Waals surface area contributed by atoms with E-state index in [1.54, 1.807) is 18.7 Å². The van der Waals surface area contributed by atoms with E-state index in [-0.39, 0.29) is 5.91 Å². The Bertz CT molecular complexity index is 708. The predicted octanol–water partition coefficient (Wildman–Crippen LogP) is 4.94. The maximum atomic E-state index is 12.2. The highest BCUT2D eigenvalue weighted by Crippen LogP contribution is 2.26. The third kappa shape index (κ3) is 5.98. The number of nitrogens with one attached hydrogen (secondary N) is 1. The van der Waals surface area contributed by atoms with Gasteiger partial charge in [-0.25, -0.2) is 0 Å². The van der Waals surface area contributed by atoms with Gasteiger partial charge in [0.1, 0.15) is 5.75 Å². The highest BCUT2D eigenvalue weighted by atomic mass is 35.5. The zero-order valence-corrected chi connectivity index (χ0v) is 16.6. The lowest BCUT2D eigenvalue weighted by atomic mass is 10.1. The van der Waals surface area contributed by atoms with E-state index in [0.717, 1.165) is 21.9 Å². The molecule has 2 aromatic carbocycles. The molecule has 0 fully saturated rings. The molecule has 0 aliphatic heterocycles. The van der Waals surface area contributed by atoms with Gasteiger partial charge in [-0.3, -0.25) is 4.79 Å². The quantitative estimate of drug-likeness (QED) is 0.548. The molecule has 134 valence electrons. The van der Waals surface area contributed by atoms with Crippen molar-refractivity contribution in [1.29, 1.82) is 0 Å². The normalized spacial score (nSPS) is 11.9. The Hall–Kier alpha value is -1.65. The van der Waals surface area contributed by atoms with Crippen molar-refractivity contribution < 1.29 is 9.53 Å². The number of aryl methyl sites for hydroxylation is 3. The molecule has 1 atom stereocenters. The maximum absolute atomic E-state index is 12.2. The van der Waals surface area contributed by atoms with Gasteiger partial charge in [-0.2, -0.15) is 0 Å². The summed E-state index contributed by atoms with van der Waals surface area (Å²) in [4.78, 5) is 13.4. The Morgan fingerprint density at radius 1 is 1.16 bits per heavy atom. The molecule has 25 heavy (non-hydrogen) atoms. The minimum absolute atomic E-state index is 0.116. The monoisotopic (exact) mass is 377 g/mol. The van der Waals surface area contributed by atoms with Gasteiger partial charge < -0.3 is 10.1 Å². The average molecular weight is 378 g/mol. The van der Waals surface area contributed by atoms with Crippen molar-refractivity contribution in [2.75, 3.05) is 12.3 Å². The molecule has 0 radical (unpaired) electrons. The summed E-state index contributed by atoms with van der Waals surface area (Å²) in [5.41, 5.74) is 3.13. The molecule has 2 aromatic rings. The second kappa shape index (κ2) is 9.16. The fraction of sp³-hybridized carbons (Fsp3) is 0.350. The van der Waals surface area contributed by atoms with E-state index in [4.69, 9.17) is 16.3 Å². The Morgan fingerprint density at radius 3 is 2.36 bits per heavy atom. The molecule has 0 bridgehead atoms. The number of rotatable bonds is 7. The van der Waals surface area contributed by atoms with E-state index in [1.165, 1.54) is 10.5 Å². The molecule has 0 unspecified atom stereocenters. The first-order valence-corrected chi connectivity index (χ1v) is 9.63. The minimum Gasteiger partial charge on any atom is -0.481 e. The van der Waals surface area contributed by atoms with Crippen molar-refractivity contribution in [1.82, 2.24) is 5.32 Å². The molecule has 0 aliphatic rings. The van der Waals surface area contributed by atoms with Crippen LogP contribution in [0.2, 0.25) is 5.02 Å². The molecule has 2 rings (SSSR count). The highest BCUT2D eigenvalue weighted by Gasteiger charge is 2.15.